The van der Waals surface area contributed by atoms with Crippen LogP contribution in [0.15, 0.2) is 67.3 Å². The van der Waals surface area contributed by atoms with Crippen LogP contribution in [0.1, 0.15) is 40.7 Å². The zero-order valence-corrected chi connectivity index (χ0v) is 11.7. The summed E-state index contributed by atoms with van der Waals surface area (Å²) >= 11 is 0. The molecule has 2 aromatic carbocycles. The molecule has 102 valence electrons. The van der Waals surface area contributed by atoms with E-state index in [1.165, 1.54) is 5.56 Å². The van der Waals surface area contributed by atoms with Crippen LogP contribution >= 0.6 is 0 Å². The molecule has 0 aliphatic rings. The first kappa shape index (κ1) is 14.3. The summed E-state index contributed by atoms with van der Waals surface area (Å²) in [6.45, 7) is 3.73. The van der Waals surface area contributed by atoms with E-state index < -0.39 is 0 Å². The first-order chi connectivity index (χ1) is 9.81. The molecule has 2 rings (SSSR count). The Morgan fingerprint density at radius 1 is 0.950 bits per heavy atom. The van der Waals surface area contributed by atoms with Crippen LogP contribution in [0.5, 0.6) is 0 Å². The number of hydrogen-bond acceptors (Lipinski definition) is 1. The highest BCUT2D eigenvalue weighted by atomic mass is 16.1. The fourth-order valence-electron chi connectivity index (χ4n) is 2.24. The Hall–Kier alpha value is -2.15. The maximum Gasteiger partial charge on any atom is 0.193 e. The maximum atomic E-state index is 12.4. The molecule has 1 nitrogen and oxygen atoms in total. The Kier molecular flexibility index (Phi) is 5.31. The molecule has 0 amide bonds. The van der Waals surface area contributed by atoms with Gasteiger partial charge in [0, 0.05) is 11.1 Å². The van der Waals surface area contributed by atoms with Gasteiger partial charge < -0.3 is 0 Å². The van der Waals surface area contributed by atoms with Crippen LogP contribution in [-0.4, -0.2) is 5.78 Å². The first-order valence-corrected chi connectivity index (χ1v) is 7.11. The predicted octanol–water partition coefficient (Wildman–Crippen LogP) is 4.82. The fraction of sp³-hybridized carbons (Fsp3) is 0.211. The van der Waals surface area contributed by atoms with Gasteiger partial charge in [0.2, 0.25) is 0 Å². The minimum atomic E-state index is 0.0959. The number of carbonyl (C=O) groups excluding carboxylic acids is 1. The number of benzene rings is 2. The van der Waals surface area contributed by atoms with Crippen LogP contribution in [0.3, 0.4) is 0 Å². The van der Waals surface area contributed by atoms with Gasteiger partial charge in [-0.3, -0.25) is 4.79 Å². The van der Waals surface area contributed by atoms with Crippen molar-refractivity contribution in [2.24, 2.45) is 0 Å². The second-order valence-electron chi connectivity index (χ2n) is 4.93. The molecule has 0 saturated heterocycles. The van der Waals surface area contributed by atoms with Gasteiger partial charge in [-0.05, 0) is 37.3 Å². The van der Waals surface area contributed by atoms with Crippen molar-refractivity contribution in [2.45, 2.75) is 25.7 Å². The van der Waals surface area contributed by atoms with Crippen molar-refractivity contribution in [3.05, 3.63) is 83.9 Å². The molecule has 0 N–H and O–H groups in total. The molecule has 0 unspecified atom stereocenters. The summed E-state index contributed by atoms with van der Waals surface area (Å²) in [5, 5.41) is 0. The summed E-state index contributed by atoms with van der Waals surface area (Å²) in [6.07, 6.45) is 6.32. The Morgan fingerprint density at radius 2 is 1.70 bits per heavy atom. The third-order valence-electron chi connectivity index (χ3n) is 3.35. The standard InChI is InChI=1S/C19H20O/c1-2-3-4-6-10-16-11-9-14-18(15-16)19(20)17-12-7-5-8-13-17/h2,5,7-9,11-15H,1,3-4,6,10H2. The van der Waals surface area contributed by atoms with Crippen LogP contribution in [-0.2, 0) is 6.42 Å². The molecule has 0 bridgehead atoms. The molecule has 2 aromatic rings. The van der Waals surface area contributed by atoms with E-state index in [9.17, 15) is 4.79 Å². The van der Waals surface area contributed by atoms with E-state index in [-0.39, 0.29) is 5.78 Å². The molecule has 0 aliphatic carbocycles. The molecule has 0 atom stereocenters. The summed E-state index contributed by atoms with van der Waals surface area (Å²) in [5.74, 6) is 0.0959. The summed E-state index contributed by atoms with van der Waals surface area (Å²) in [5.41, 5.74) is 2.75. The summed E-state index contributed by atoms with van der Waals surface area (Å²) in [7, 11) is 0. The molecule has 1 heteroatoms. The molecular formula is C19H20O. The van der Waals surface area contributed by atoms with Gasteiger partial charge in [0.15, 0.2) is 5.78 Å². The van der Waals surface area contributed by atoms with Gasteiger partial charge in [0.1, 0.15) is 0 Å². The van der Waals surface area contributed by atoms with Gasteiger partial charge in [0.05, 0.1) is 0 Å². The van der Waals surface area contributed by atoms with Crippen molar-refractivity contribution >= 4 is 5.78 Å². The Labute approximate surface area is 121 Å². The summed E-state index contributed by atoms with van der Waals surface area (Å²) < 4.78 is 0. The average molecular weight is 264 g/mol. The van der Waals surface area contributed by atoms with Gasteiger partial charge in [-0.25, -0.2) is 0 Å². The number of allylic oxidation sites excluding steroid dienone is 1. The number of hydrogen-bond donors (Lipinski definition) is 0. The lowest BCUT2D eigenvalue weighted by Gasteiger charge is -2.05. The third-order valence-corrected chi connectivity index (χ3v) is 3.35. The fourth-order valence-corrected chi connectivity index (χ4v) is 2.24. The lowest BCUT2D eigenvalue weighted by atomic mass is 9.99. The zero-order valence-electron chi connectivity index (χ0n) is 11.7. The molecule has 0 spiro atoms. The van der Waals surface area contributed by atoms with E-state index in [4.69, 9.17) is 0 Å². The van der Waals surface area contributed by atoms with Gasteiger partial charge in [0.25, 0.3) is 0 Å². The maximum absolute atomic E-state index is 12.4. The van der Waals surface area contributed by atoms with Crippen molar-refractivity contribution in [1.29, 1.82) is 0 Å². The van der Waals surface area contributed by atoms with Crippen LogP contribution in [0.2, 0.25) is 0 Å². The van der Waals surface area contributed by atoms with Crippen LogP contribution in [0, 0.1) is 0 Å². The quantitative estimate of drug-likeness (QED) is 0.398. The topological polar surface area (TPSA) is 17.1 Å². The second kappa shape index (κ2) is 7.44. The summed E-state index contributed by atoms with van der Waals surface area (Å²) in [4.78, 5) is 12.4. The van der Waals surface area contributed by atoms with Crippen molar-refractivity contribution < 1.29 is 4.79 Å². The number of unbranched alkanes of at least 4 members (excludes halogenated alkanes) is 2. The highest BCUT2D eigenvalue weighted by Gasteiger charge is 2.08. The van der Waals surface area contributed by atoms with Gasteiger partial charge in [-0.15, -0.1) is 6.58 Å². The minimum Gasteiger partial charge on any atom is -0.289 e. The van der Waals surface area contributed by atoms with E-state index in [0.29, 0.717) is 0 Å². The molecule has 0 saturated carbocycles. The van der Waals surface area contributed by atoms with E-state index in [2.05, 4.69) is 12.6 Å². The number of carbonyl (C=O) groups is 1. The number of rotatable bonds is 7. The van der Waals surface area contributed by atoms with Crippen molar-refractivity contribution in [2.75, 3.05) is 0 Å². The van der Waals surface area contributed by atoms with Crippen LogP contribution < -0.4 is 0 Å². The summed E-state index contributed by atoms with van der Waals surface area (Å²) in [6, 6.07) is 17.4. The van der Waals surface area contributed by atoms with E-state index >= 15 is 0 Å². The molecule has 0 aliphatic heterocycles. The van der Waals surface area contributed by atoms with Crippen molar-refractivity contribution in [3.63, 3.8) is 0 Å². The van der Waals surface area contributed by atoms with E-state index in [0.717, 1.165) is 36.8 Å². The molecule has 0 radical (unpaired) electrons. The van der Waals surface area contributed by atoms with Gasteiger partial charge >= 0.3 is 0 Å². The van der Waals surface area contributed by atoms with E-state index in [1.54, 1.807) is 0 Å². The van der Waals surface area contributed by atoms with Gasteiger partial charge in [-0.2, -0.15) is 0 Å². The molecule has 0 fully saturated rings. The van der Waals surface area contributed by atoms with Crippen LogP contribution in [0.25, 0.3) is 0 Å². The van der Waals surface area contributed by atoms with Crippen molar-refractivity contribution in [1.82, 2.24) is 0 Å². The van der Waals surface area contributed by atoms with Crippen molar-refractivity contribution in [3.8, 4) is 0 Å². The minimum absolute atomic E-state index is 0.0959. The number of ketones is 1. The Bertz CT molecular complexity index is 569. The Morgan fingerprint density at radius 3 is 2.45 bits per heavy atom. The average Bonchev–Trinajstić information content (AvgIpc) is 2.52. The largest absolute Gasteiger partial charge is 0.289 e. The molecule has 20 heavy (non-hydrogen) atoms. The zero-order chi connectivity index (χ0) is 14.2. The first-order valence-electron chi connectivity index (χ1n) is 7.11. The predicted molar refractivity (Wildman–Crippen MR) is 84.1 cm³/mol. The lowest BCUT2D eigenvalue weighted by molar-refractivity contribution is 0.103. The molecular weight excluding hydrogens is 244 g/mol. The Balaban J connectivity index is 2.06. The number of aryl methyl sites for hydroxylation is 1. The smallest absolute Gasteiger partial charge is 0.193 e. The second-order valence-corrected chi connectivity index (χ2v) is 4.93. The van der Waals surface area contributed by atoms with Crippen LogP contribution in [0.4, 0.5) is 0 Å². The third kappa shape index (κ3) is 3.92. The SMILES string of the molecule is C=CCCCCc1cccc(C(=O)c2ccccc2)c1. The lowest BCUT2D eigenvalue weighted by Crippen LogP contribution is -2.01. The van der Waals surface area contributed by atoms with Gasteiger partial charge in [-0.1, -0.05) is 54.6 Å². The van der Waals surface area contributed by atoms with E-state index in [1.807, 2.05) is 54.6 Å². The molecule has 0 heterocycles. The highest BCUT2D eigenvalue weighted by molar-refractivity contribution is 6.09. The molecule has 0 aromatic heterocycles. The highest BCUT2D eigenvalue weighted by Crippen LogP contribution is 2.14. The normalized spacial score (nSPS) is 10.2. The monoisotopic (exact) mass is 264 g/mol.